The third kappa shape index (κ3) is 3.71. The van der Waals surface area contributed by atoms with Crippen LogP contribution >= 0.6 is 0 Å². The van der Waals surface area contributed by atoms with Crippen LogP contribution in [0.5, 0.6) is 0 Å². The zero-order valence-electron chi connectivity index (χ0n) is 10.1. The van der Waals surface area contributed by atoms with E-state index >= 15 is 0 Å². The van der Waals surface area contributed by atoms with Crippen LogP contribution in [0.1, 0.15) is 6.42 Å². The fraction of sp³-hybridized carbons (Fsp3) is 0.133. The minimum Gasteiger partial charge on any atom is -0.292 e. The number of hydrogen-bond acceptors (Lipinski definition) is 2. The molecule has 1 fully saturated rings. The molecule has 0 spiro atoms. The quantitative estimate of drug-likeness (QED) is 0.803. The molecule has 2 N–H and O–H groups in total. The number of hydrogen-bond donors (Lipinski definition) is 2. The molecule has 0 saturated carbocycles. The summed E-state index contributed by atoms with van der Waals surface area (Å²) in [5.74, 6) is 0.0926. The first-order valence-corrected chi connectivity index (χ1v) is 5.98. The molecular weight excluding hydrogens is 224 g/mol. The van der Waals surface area contributed by atoms with Crippen molar-refractivity contribution < 1.29 is 4.79 Å². The molecule has 1 aliphatic heterocycles. The molecule has 3 rings (SSSR count). The molecule has 18 heavy (non-hydrogen) atoms. The van der Waals surface area contributed by atoms with Crippen molar-refractivity contribution in [3.63, 3.8) is 0 Å². The summed E-state index contributed by atoms with van der Waals surface area (Å²) in [6, 6.07) is 20.8. The first-order valence-electron chi connectivity index (χ1n) is 5.98. The topological polar surface area (TPSA) is 41.1 Å². The van der Waals surface area contributed by atoms with Crippen molar-refractivity contribution in [3.05, 3.63) is 60.7 Å². The molecule has 0 aromatic heterocycles. The lowest BCUT2D eigenvalue weighted by molar-refractivity contribution is -0.119. The van der Waals surface area contributed by atoms with Crippen LogP contribution in [-0.2, 0) is 4.79 Å². The normalized spacial score (nSPS) is 13.4. The van der Waals surface area contributed by atoms with Crippen LogP contribution in [0.3, 0.4) is 0 Å². The second-order valence-electron chi connectivity index (χ2n) is 3.96. The molecule has 1 aliphatic rings. The Kier molecular flexibility index (Phi) is 4.50. The van der Waals surface area contributed by atoms with E-state index in [4.69, 9.17) is 0 Å². The summed E-state index contributed by atoms with van der Waals surface area (Å²) in [7, 11) is 0. The van der Waals surface area contributed by atoms with Gasteiger partial charge in [-0.15, -0.1) is 0 Å². The number of benzene rings is 2. The highest BCUT2D eigenvalue weighted by molar-refractivity contribution is 5.77. The van der Waals surface area contributed by atoms with Gasteiger partial charge in [-0.25, -0.2) is 5.43 Å². The first-order chi connectivity index (χ1) is 8.86. The Balaban J connectivity index is 0.000000169. The van der Waals surface area contributed by atoms with Gasteiger partial charge in [-0.1, -0.05) is 60.7 Å². The van der Waals surface area contributed by atoms with Crippen LogP contribution < -0.4 is 10.9 Å². The van der Waals surface area contributed by atoms with E-state index in [9.17, 15) is 4.79 Å². The van der Waals surface area contributed by atoms with Gasteiger partial charge in [-0.2, -0.15) is 0 Å². The maximum Gasteiger partial charge on any atom is 0.235 e. The van der Waals surface area contributed by atoms with Gasteiger partial charge in [0.25, 0.3) is 0 Å². The monoisotopic (exact) mass is 240 g/mol. The summed E-state index contributed by atoms with van der Waals surface area (Å²) >= 11 is 0. The third-order valence-electron chi connectivity index (χ3n) is 2.59. The maximum atomic E-state index is 10.1. The third-order valence-corrected chi connectivity index (χ3v) is 2.59. The molecule has 0 unspecified atom stereocenters. The minimum absolute atomic E-state index is 0.0926. The first kappa shape index (κ1) is 12.3. The van der Waals surface area contributed by atoms with Gasteiger partial charge in [0.1, 0.15) is 0 Å². The highest BCUT2D eigenvalue weighted by Gasteiger charge is 2.04. The van der Waals surface area contributed by atoms with E-state index < -0.39 is 0 Å². The molecule has 0 bridgehead atoms. The van der Waals surface area contributed by atoms with Crippen LogP contribution in [-0.4, -0.2) is 12.5 Å². The Hall–Kier alpha value is -2.13. The molecule has 1 saturated heterocycles. The lowest BCUT2D eigenvalue weighted by atomic mass is 10.1. The SMILES string of the molecule is O=C1CCNN1.c1ccc(-c2ccccc2)cc1. The summed E-state index contributed by atoms with van der Waals surface area (Å²) in [5, 5.41) is 0. The second kappa shape index (κ2) is 6.57. The number of rotatable bonds is 1. The molecule has 3 heteroatoms. The number of hydrazine groups is 1. The average Bonchev–Trinajstić information content (AvgIpc) is 2.93. The Morgan fingerprint density at radius 2 is 1.28 bits per heavy atom. The van der Waals surface area contributed by atoms with Gasteiger partial charge in [0.2, 0.25) is 5.91 Å². The van der Waals surface area contributed by atoms with Crippen molar-refractivity contribution in [2.75, 3.05) is 6.54 Å². The minimum atomic E-state index is 0.0926. The van der Waals surface area contributed by atoms with Crippen molar-refractivity contribution in [2.45, 2.75) is 6.42 Å². The standard InChI is InChI=1S/C12H10.C3H6N2O/c1-3-7-11(8-4-1)12-9-5-2-6-10-12;6-3-1-2-4-5-3/h1-10H;4H,1-2H2,(H,5,6). The van der Waals surface area contributed by atoms with E-state index in [1.807, 2.05) is 12.1 Å². The van der Waals surface area contributed by atoms with E-state index in [-0.39, 0.29) is 5.91 Å². The predicted octanol–water partition coefficient (Wildman–Crippen LogP) is 2.36. The fourth-order valence-electron chi connectivity index (χ4n) is 1.66. The van der Waals surface area contributed by atoms with Crippen molar-refractivity contribution in [1.82, 2.24) is 10.9 Å². The molecule has 2 aromatic rings. The average molecular weight is 240 g/mol. The summed E-state index contributed by atoms with van der Waals surface area (Å²) in [4.78, 5) is 10.1. The zero-order valence-corrected chi connectivity index (χ0v) is 10.1. The molecule has 3 nitrogen and oxygen atoms in total. The van der Waals surface area contributed by atoms with Crippen LogP contribution in [0, 0.1) is 0 Å². The lowest BCUT2D eigenvalue weighted by Crippen LogP contribution is -2.25. The van der Waals surface area contributed by atoms with Crippen molar-refractivity contribution in [3.8, 4) is 11.1 Å². The van der Waals surface area contributed by atoms with Gasteiger partial charge in [0, 0.05) is 13.0 Å². The maximum absolute atomic E-state index is 10.1. The van der Waals surface area contributed by atoms with Crippen molar-refractivity contribution in [2.24, 2.45) is 0 Å². The van der Waals surface area contributed by atoms with Gasteiger partial charge in [-0.3, -0.25) is 10.2 Å². The van der Waals surface area contributed by atoms with Gasteiger partial charge >= 0.3 is 0 Å². The largest absolute Gasteiger partial charge is 0.292 e. The Morgan fingerprint density at radius 3 is 1.56 bits per heavy atom. The van der Waals surface area contributed by atoms with Gasteiger partial charge in [0.15, 0.2) is 0 Å². The Morgan fingerprint density at radius 1 is 0.778 bits per heavy atom. The summed E-state index contributed by atoms with van der Waals surface area (Å²) < 4.78 is 0. The van der Waals surface area contributed by atoms with Gasteiger partial charge in [0.05, 0.1) is 0 Å². The molecule has 2 aromatic carbocycles. The van der Waals surface area contributed by atoms with Gasteiger partial charge in [-0.05, 0) is 11.1 Å². The van der Waals surface area contributed by atoms with Gasteiger partial charge < -0.3 is 0 Å². The molecular formula is C15H16N2O. The molecule has 92 valence electrons. The highest BCUT2D eigenvalue weighted by Crippen LogP contribution is 2.17. The van der Waals surface area contributed by atoms with E-state index in [1.165, 1.54) is 11.1 Å². The number of amides is 1. The molecule has 0 atom stereocenters. The second-order valence-corrected chi connectivity index (χ2v) is 3.96. The fourth-order valence-corrected chi connectivity index (χ4v) is 1.66. The van der Waals surface area contributed by atoms with E-state index in [0.29, 0.717) is 6.42 Å². The van der Waals surface area contributed by atoms with Crippen LogP contribution in [0.2, 0.25) is 0 Å². The van der Waals surface area contributed by atoms with E-state index in [0.717, 1.165) is 6.54 Å². The van der Waals surface area contributed by atoms with Crippen LogP contribution in [0.4, 0.5) is 0 Å². The van der Waals surface area contributed by atoms with E-state index in [1.54, 1.807) is 0 Å². The Bertz CT molecular complexity index is 437. The Labute approximate surface area is 107 Å². The molecule has 0 radical (unpaired) electrons. The van der Waals surface area contributed by atoms with Crippen LogP contribution in [0.25, 0.3) is 11.1 Å². The number of carbonyl (C=O) groups excluding carboxylic acids is 1. The molecule has 0 aliphatic carbocycles. The van der Waals surface area contributed by atoms with E-state index in [2.05, 4.69) is 59.4 Å². The van der Waals surface area contributed by atoms with Crippen LogP contribution in [0.15, 0.2) is 60.7 Å². The lowest BCUT2D eigenvalue weighted by Gasteiger charge is -1.98. The number of carbonyl (C=O) groups is 1. The van der Waals surface area contributed by atoms with Crippen molar-refractivity contribution >= 4 is 5.91 Å². The highest BCUT2D eigenvalue weighted by atomic mass is 16.2. The molecule has 1 heterocycles. The molecule has 1 amide bonds. The number of nitrogens with one attached hydrogen (secondary N) is 2. The van der Waals surface area contributed by atoms with Crippen molar-refractivity contribution in [1.29, 1.82) is 0 Å². The smallest absolute Gasteiger partial charge is 0.235 e. The predicted molar refractivity (Wildman–Crippen MR) is 72.6 cm³/mol. The summed E-state index contributed by atoms with van der Waals surface area (Å²) in [5.41, 5.74) is 7.66. The summed E-state index contributed by atoms with van der Waals surface area (Å²) in [6.07, 6.45) is 0.625. The summed E-state index contributed by atoms with van der Waals surface area (Å²) in [6.45, 7) is 0.777. The zero-order chi connectivity index (χ0) is 12.6.